The molecule has 2 rings (SSSR count). The molecule has 120 valence electrons. The first-order chi connectivity index (χ1) is 11.1. The largest absolute Gasteiger partial charge is 0.493 e. The maximum absolute atomic E-state index is 12.3. The number of carbonyl (C=O) groups excluding carboxylic acids is 2. The third-order valence-corrected chi connectivity index (χ3v) is 3.22. The van der Waals surface area contributed by atoms with E-state index in [4.69, 9.17) is 14.2 Å². The average Bonchev–Trinajstić information content (AvgIpc) is 2.61. The van der Waals surface area contributed by atoms with E-state index in [1.165, 1.54) is 21.3 Å². The monoisotopic (exact) mass is 315 g/mol. The lowest BCUT2D eigenvalue weighted by atomic mass is 10.1. The number of carbonyl (C=O) groups is 2. The van der Waals surface area contributed by atoms with Gasteiger partial charge in [-0.25, -0.2) is 4.79 Å². The minimum atomic E-state index is -0.635. The molecule has 23 heavy (non-hydrogen) atoms. The van der Waals surface area contributed by atoms with E-state index in [1.54, 1.807) is 36.4 Å². The number of rotatable bonds is 5. The van der Waals surface area contributed by atoms with Crippen LogP contribution in [0.25, 0.3) is 0 Å². The molecule has 0 bridgehead atoms. The van der Waals surface area contributed by atoms with Gasteiger partial charge in [-0.3, -0.25) is 4.79 Å². The lowest BCUT2D eigenvalue weighted by Gasteiger charge is -2.16. The van der Waals surface area contributed by atoms with Gasteiger partial charge in [0.1, 0.15) is 5.56 Å². The number of anilines is 1. The Morgan fingerprint density at radius 3 is 2.17 bits per heavy atom. The van der Waals surface area contributed by atoms with E-state index in [0.717, 1.165) is 0 Å². The molecule has 0 aliphatic carbocycles. The van der Waals surface area contributed by atoms with Gasteiger partial charge in [-0.15, -0.1) is 0 Å². The van der Waals surface area contributed by atoms with Crippen molar-refractivity contribution in [3.63, 3.8) is 0 Å². The molecule has 0 saturated carbocycles. The molecule has 0 unspecified atom stereocenters. The van der Waals surface area contributed by atoms with Crippen LogP contribution in [-0.4, -0.2) is 33.2 Å². The summed E-state index contributed by atoms with van der Waals surface area (Å²) < 4.78 is 15.2. The second kappa shape index (κ2) is 7.31. The molecule has 0 saturated heterocycles. The number of amides is 1. The average molecular weight is 315 g/mol. The molecule has 0 aliphatic heterocycles. The molecule has 0 atom stereocenters. The number of nitrogens with one attached hydrogen (secondary N) is 1. The first-order valence-corrected chi connectivity index (χ1v) is 6.82. The van der Waals surface area contributed by atoms with Crippen molar-refractivity contribution in [2.24, 2.45) is 0 Å². The molecule has 6 heteroatoms. The Balaban J connectivity index is 2.45. The second-order valence-corrected chi connectivity index (χ2v) is 4.54. The Kier molecular flexibility index (Phi) is 5.19. The zero-order valence-electron chi connectivity index (χ0n) is 13.1. The van der Waals surface area contributed by atoms with Crippen LogP contribution in [0.1, 0.15) is 20.7 Å². The number of benzene rings is 2. The van der Waals surface area contributed by atoms with Gasteiger partial charge in [-0.1, -0.05) is 18.2 Å². The van der Waals surface area contributed by atoms with Crippen molar-refractivity contribution in [1.29, 1.82) is 0 Å². The van der Waals surface area contributed by atoms with Crippen molar-refractivity contribution in [2.45, 2.75) is 0 Å². The lowest BCUT2D eigenvalue weighted by Crippen LogP contribution is -2.16. The Hall–Kier alpha value is -3.02. The topological polar surface area (TPSA) is 73.9 Å². The van der Waals surface area contributed by atoms with Crippen LogP contribution in [0.15, 0.2) is 42.5 Å². The quantitative estimate of drug-likeness (QED) is 0.859. The molecule has 2 aromatic rings. The number of hydrogen-bond acceptors (Lipinski definition) is 5. The Bertz CT molecular complexity index is 712. The van der Waals surface area contributed by atoms with Gasteiger partial charge < -0.3 is 19.5 Å². The van der Waals surface area contributed by atoms with E-state index < -0.39 is 5.97 Å². The smallest absolute Gasteiger partial charge is 0.343 e. The van der Waals surface area contributed by atoms with Gasteiger partial charge >= 0.3 is 5.97 Å². The van der Waals surface area contributed by atoms with Crippen LogP contribution in [0, 0.1) is 0 Å². The van der Waals surface area contributed by atoms with Gasteiger partial charge in [-0.2, -0.15) is 0 Å². The molecule has 1 N–H and O–H groups in total. The summed E-state index contributed by atoms with van der Waals surface area (Å²) in [5, 5.41) is 2.69. The fraction of sp³-hybridized carbons (Fsp3) is 0.176. The van der Waals surface area contributed by atoms with Crippen LogP contribution in [0.4, 0.5) is 5.69 Å². The zero-order valence-corrected chi connectivity index (χ0v) is 13.1. The molecule has 0 heterocycles. The van der Waals surface area contributed by atoms with Crippen molar-refractivity contribution in [2.75, 3.05) is 26.6 Å². The third-order valence-electron chi connectivity index (χ3n) is 3.22. The summed E-state index contributed by atoms with van der Waals surface area (Å²) >= 11 is 0. The molecule has 1 amide bonds. The SMILES string of the molecule is COC(=O)c1c(NC(=O)c2ccccc2)ccc(OC)c1OC. The molecule has 2 aromatic carbocycles. The fourth-order valence-electron chi connectivity index (χ4n) is 2.12. The van der Waals surface area contributed by atoms with E-state index >= 15 is 0 Å². The van der Waals surface area contributed by atoms with E-state index in [1.807, 2.05) is 6.07 Å². The van der Waals surface area contributed by atoms with Crippen LogP contribution in [0.5, 0.6) is 11.5 Å². The Labute approximate surface area is 134 Å². The number of hydrogen-bond donors (Lipinski definition) is 1. The summed E-state index contributed by atoms with van der Waals surface area (Å²) in [7, 11) is 4.12. The maximum Gasteiger partial charge on any atom is 0.343 e. The van der Waals surface area contributed by atoms with E-state index in [0.29, 0.717) is 11.3 Å². The molecule has 0 fully saturated rings. The maximum atomic E-state index is 12.3. The van der Waals surface area contributed by atoms with Crippen molar-refractivity contribution in [3.05, 3.63) is 53.6 Å². The lowest BCUT2D eigenvalue weighted by molar-refractivity contribution is 0.0597. The van der Waals surface area contributed by atoms with E-state index in [-0.39, 0.29) is 22.9 Å². The molecule has 0 aromatic heterocycles. The van der Waals surface area contributed by atoms with E-state index in [9.17, 15) is 9.59 Å². The summed E-state index contributed by atoms with van der Waals surface area (Å²) in [5.41, 5.74) is 0.847. The van der Waals surface area contributed by atoms with E-state index in [2.05, 4.69) is 5.32 Å². The molecule has 6 nitrogen and oxygen atoms in total. The highest BCUT2D eigenvalue weighted by molar-refractivity contribution is 6.09. The third kappa shape index (κ3) is 3.42. The van der Waals surface area contributed by atoms with Crippen LogP contribution >= 0.6 is 0 Å². The van der Waals surface area contributed by atoms with Crippen LogP contribution in [0.2, 0.25) is 0 Å². The molecular formula is C17H17NO5. The fourth-order valence-corrected chi connectivity index (χ4v) is 2.12. The predicted molar refractivity (Wildman–Crippen MR) is 85.3 cm³/mol. The first-order valence-electron chi connectivity index (χ1n) is 6.82. The number of ether oxygens (including phenoxy) is 3. The molecule has 0 radical (unpaired) electrons. The van der Waals surface area contributed by atoms with Crippen molar-refractivity contribution < 1.29 is 23.8 Å². The summed E-state index contributed by atoms with van der Waals surface area (Å²) in [6, 6.07) is 11.8. The van der Waals surface area contributed by atoms with Crippen LogP contribution < -0.4 is 14.8 Å². The summed E-state index contributed by atoms with van der Waals surface area (Å²) in [5.74, 6) is -0.414. The Morgan fingerprint density at radius 1 is 0.913 bits per heavy atom. The number of methoxy groups -OCH3 is 3. The van der Waals surface area contributed by atoms with Crippen LogP contribution in [0.3, 0.4) is 0 Å². The van der Waals surface area contributed by atoms with Gasteiger partial charge in [0, 0.05) is 5.56 Å². The highest BCUT2D eigenvalue weighted by Crippen LogP contribution is 2.36. The van der Waals surface area contributed by atoms with Gasteiger partial charge in [0.15, 0.2) is 11.5 Å². The molecule has 0 spiro atoms. The number of esters is 1. The highest BCUT2D eigenvalue weighted by atomic mass is 16.5. The Morgan fingerprint density at radius 2 is 1.61 bits per heavy atom. The normalized spacial score (nSPS) is 9.87. The van der Waals surface area contributed by atoms with Gasteiger partial charge in [0.05, 0.1) is 27.0 Å². The van der Waals surface area contributed by atoms with Gasteiger partial charge in [0.2, 0.25) is 0 Å². The highest BCUT2D eigenvalue weighted by Gasteiger charge is 2.23. The summed E-state index contributed by atoms with van der Waals surface area (Å²) in [6.45, 7) is 0. The summed E-state index contributed by atoms with van der Waals surface area (Å²) in [4.78, 5) is 24.4. The second-order valence-electron chi connectivity index (χ2n) is 4.54. The predicted octanol–water partition coefficient (Wildman–Crippen LogP) is 2.74. The zero-order chi connectivity index (χ0) is 16.8. The first kappa shape index (κ1) is 16.4. The van der Waals surface area contributed by atoms with Gasteiger partial charge in [-0.05, 0) is 24.3 Å². The molecule has 0 aliphatic rings. The minimum Gasteiger partial charge on any atom is -0.493 e. The van der Waals surface area contributed by atoms with Gasteiger partial charge in [0.25, 0.3) is 5.91 Å². The van der Waals surface area contributed by atoms with Crippen LogP contribution in [-0.2, 0) is 4.74 Å². The minimum absolute atomic E-state index is 0.0960. The standard InChI is InChI=1S/C17H17NO5/c1-21-13-10-9-12(14(15(13)22-2)17(20)23-3)18-16(19)11-7-5-4-6-8-11/h4-10H,1-3H3,(H,18,19). The van der Waals surface area contributed by atoms with Crippen molar-refractivity contribution in [1.82, 2.24) is 0 Å². The molecular weight excluding hydrogens is 298 g/mol. The van der Waals surface area contributed by atoms with Crippen molar-refractivity contribution >= 4 is 17.6 Å². The van der Waals surface area contributed by atoms with Crippen molar-refractivity contribution in [3.8, 4) is 11.5 Å². The summed E-state index contributed by atoms with van der Waals surface area (Å²) in [6.07, 6.45) is 0.